The smallest absolute Gasteiger partial charge is 0.225 e. The zero-order valence-electron chi connectivity index (χ0n) is 17.8. The monoisotopic (exact) mass is 391 g/mol. The zero-order chi connectivity index (χ0) is 19.2. The Morgan fingerprint density at radius 2 is 1.50 bits per heavy atom. The summed E-state index contributed by atoms with van der Waals surface area (Å²) in [6, 6.07) is 0.755. The average molecular weight is 392 g/mol. The van der Waals surface area contributed by atoms with Gasteiger partial charge in [0, 0.05) is 25.0 Å². The molecule has 0 atom stereocenters. The number of rotatable bonds is 6. The van der Waals surface area contributed by atoms with Crippen LogP contribution in [0, 0.1) is 11.8 Å². The van der Waals surface area contributed by atoms with Crippen LogP contribution in [0.4, 0.5) is 0 Å². The summed E-state index contributed by atoms with van der Waals surface area (Å²) in [5.74, 6) is 1.68. The Labute approximate surface area is 171 Å². The van der Waals surface area contributed by atoms with Crippen LogP contribution in [-0.4, -0.2) is 85.7 Å². The van der Waals surface area contributed by atoms with E-state index < -0.39 is 0 Å². The Kier molecular flexibility index (Phi) is 7.66. The van der Waals surface area contributed by atoms with Gasteiger partial charge in [-0.1, -0.05) is 25.7 Å². The molecule has 1 saturated carbocycles. The van der Waals surface area contributed by atoms with Crippen LogP contribution in [0.5, 0.6) is 0 Å². The molecule has 5 nitrogen and oxygen atoms in total. The minimum absolute atomic E-state index is 0.255. The van der Waals surface area contributed by atoms with Gasteiger partial charge >= 0.3 is 0 Å². The van der Waals surface area contributed by atoms with E-state index in [0.29, 0.717) is 19.1 Å². The van der Waals surface area contributed by atoms with E-state index in [9.17, 15) is 4.79 Å². The Morgan fingerprint density at radius 3 is 2.18 bits per heavy atom. The summed E-state index contributed by atoms with van der Waals surface area (Å²) in [4.78, 5) is 20.2. The number of hydrogen-bond acceptors (Lipinski definition) is 4. The van der Waals surface area contributed by atoms with Crippen LogP contribution >= 0.6 is 0 Å². The molecule has 5 heteroatoms. The molecule has 28 heavy (non-hydrogen) atoms. The van der Waals surface area contributed by atoms with Crippen LogP contribution in [0.2, 0.25) is 0 Å². The maximum atomic E-state index is 12.7. The predicted octanol–water partition coefficient (Wildman–Crippen LogP) is 2.99. The third kappa shape index (κ3) is 5.48. The van der Waals surface area contributed by atoms with Gasteiger partial charge in [0.15, 0.2) is 0 Å². The van der Waals surface area contributed by atoms with Crippen LogP contribution in [0.3, 0.4) is 0 Å². The van der Waals surface area contributed by atoms with Crippen LogP contribution in [0.15, 0.2) is 0 Å². The minimum atomic E-state index is 0.255. The number of hydrogen-bond donors (Lipinski definition) is 0. The lowest BCUT2D eigenvalue weighted by Crippen LogP contribution is -2.50. The van der Waals surface area contributed by atoms with E-state index in [1.54, 1.807) is 0 Å². The SMILES string of the molecule is O=C(C1CCN(C2CCN(CCCC3CCCC3)CC2)CC1)N1CCOCC1. The predicted molar refractivity (Wildman–Crippen MR) is 112 cm³/mol. The summed E-state index contributed by atoms with van der Waals surface area (Å²) in [6.45, 7) is 9.12. The second kappa shape index (κ2) is 10.4. The highest BCUT2D eigenvalue weighted by Gasteiger charge is 2.32. The normalized spacial score (nSPS) is 27.5. The first kappa shape index (κ1) is 20.6. The lowest BCUT2D eigenvalue weighted by Gasteiger charge is -2.42. The van der Waals surface area contributed by atoms with Gasteiger partial charge in [-0.25, -0.2) is 0 Å². The summed E-state index contributed by atoms with van der Waals surface area (Å²) in [7, 11) is 0. The molecule has 160 valence electrons. The molecule has 1 amide bonds. The molecule has 0 aromatic carbocycles. The first-order chi connectivity index (χ1) is 13.8. The second-order valence-corrected chi connectivity index (χ2v) is 9.61. The maximum Gasteiger partial charge on any atom is 0.225 e. The molecule has 0 aromatic rings. The maximum absolute atomic E-state index is 12.7. The molecule has 0 N–H and O–H groups in total. The number of ether oxygens (including phenoxy) is 1. The molecule has 0 aromatic heterocycles. The van der Waals surface area contributed by atoms with Crippen molar-refractivity contribution in [3.8, 4) is 0 Å². The number of amides is 1. The Hall–Kier alpha value is -0.650. The summed E-state index contributed by atoms with van der Waals surface area (Å²) >= 11 is 0. The molecule has 1 aliphatic carbocycles. The summed E-state index contributed by atoms with van der Waals surface area (Å²) in [5.41, 5.74) is 0. The third-order valence-electron chi connectivity index (χ3n) is 7.84. The molecule has 4 fully saturated rings. The number of carbonyl (C=O) groups excluding carboxylic acids is 1. The molecule has 4 aliphatic rings. The van der Waals surface area contributed by atoms with E-state index in [2.05, 4.69) is 9.80 Å². The molecule has 3 heterocycles. The van der Waals surface area contributed by atoms with Crippen LogP contribution in [0.25, 0.3) is 0 Å². The zero-order valence-corrected chi connectivity index (χ0v) is 17.8. The van der Waals surface area contributed by atoms with Gasteiger partial charge < -0.3 is 19.4 Å². The van der Waals surface area contributed by atoms with Gasteiger partial charge in [-0.3, -0.25) is 4.79 Å². The van der Waals surface area contributed by atoms with E-state index in [0.717, 1.165) is 51.0 Å². The van der Waals surface area contributed by atoms with E-state index in [1.807, 2.05) is 4.90 Å². The highest BCUT2D eigenvalue weighted by Crippen LogP contribution is 2.29. The average Bonchev–Trinajstić information content (AvgIpc) is 3.28. The highest BCUT2D eigenvalue weighted by molar-refractivity contribution is 5.79. The van der Waals surface area contributed by atoms with E-state index >= 15 is 0 Å². The van der Waals surface area contributed by atoms with Crippen molar-refractivity contribution in [3.63, 3.8) is 0 Å². The van der Waals surface area contributed by atoms with Crippen LogP contribution < -0.4 is 0 Å². The third-order valence-corrected chi connectivity index (χ3v) is 7.84. The second-order valence-electron chi connectivity index (χ2n) is 9.61. The van der Waals surface area contributed by atoms with Crippen molar-refractivity contribution >= 4 is 5.91 Å². The van der Waals surface area contributed by atoms with Gasteiger partial charge in [0.05, 0.1) is 13.2 Å². The van der Waals surface area contributed by atoms with E-state index in [-0.39, 0.29) is 5.92 Å². The Morgan fingerprint density at radius 1 is 0.821 bits per heavy atom. The number of nitrogens with zero attached hydrogens (tertiary/aromatic N) is 3. The summed E-state index contributed by atoms with van der Waals surface area (Å²) < 4.78 is 5.39. The quantitative estimate of drug-likeness (QED) is 0.697. The van der Waals surface area contributed by atoms with Crippen LogP contribution in [0.1, 0.15) is 64.2 Å². The molecular weight excluding hydrogens is 350 g/mol. The lowest BCUT2D eigenvalue weighted by molar-refractivity contribution is -0.141. The Bertz CT molecular complexity index is 472. The summed E-state index contributed by atoms with van der Waals surface area (Å²) in [6.07, 6.45) is 13.6. The van der Waals surface area contributed by atoms with Crippen molar-refractivity contribution in [2.45, 2.75) is 70.3 Å². The minimum Gasteiger partial charge on any atom is -0.378 e. The lowest BCUT2D eigenvalue weighted by atomic mass is 9.92. The number of carbonyl (C=O) groups is 1. The summed E-state index contributed by atoms with van der Waals surface area (Å²) in [5, 5.41) is 0. The molecule has 3 saturated heterocycles. The molecule has 3 aliphatic heterocycles. The first-order valence-corrected chi connectivity index (χ1v) is 12.1. The molecular formula is C23H41N3O2. The molecule has 4 rings (SSSR count). The fourth-order valence-corrected chi connectivity index (χ4v) is 5.96. The van der Waals surface area contributed by atoms with Gasteiger partial charge in [-0.05, 0) is 77.2 Å². The van der Waals surface area contributed by atoms with Crippen molar-refractivity contribution < 1.29 is 9.53 Å². The fourth-order valence-electron chi connectivity index (χ4n) is 5.96. The topological polar surface area (TPSA) is 36.0 Å². The Balaban J connectivity index is 1.11. The highest BCUT2D eigenvalue weighted by atomic mass is 16.5. The van der Waals surface area contributed by atoms with Gasteiger partial charge in [-0.2, -0.15) is 0 Å². The van der Waals surface area contributed by atoms with Gasteiger partial charge in [0.1, 0.15) is 0 Å². The van der Waals surface area contributed by atoms with Crippen molar-refractivity contribution in [1.29, 1.82) is 0 Å². The van der Waals surface area contributed by atoms with Gasteiger partial charge in [0.2, 0.25) is 5.91 Å². The molecule has 0 bridgehead atoms. The van der Waals surface area contributed by atoms with Crippen molar-refractivity contribution in [1.82, 2.24) is 14.7 Å². The van der Waals surface area contributed by atoms with Crippen molar-refractivity contribution in [2.75, 3.05) is 59.0 Å². The standard InChI is InChI=1S/C23H41N3O2/c27-23(26-16-18-28-19-17-26)21-7-14-25(15-8-21)22-9-12-24(13-10-22)11-3-6-20-4-1-2-5-20/h20-22H,1-19H2. The van der Waals surface area contributed by atoms with E-state index in [1.165, 1.54) is 71.0 Å². The van der Waals surface area contributed by atoms with Crippen molar-refractivity contribution in [3.05, 3.63) is 0 Å². The van der Waals surface area contributed by atoms with Gasteiger partial charge in [0.25, 0.3) is 0 Å². The number of morpholine rings is 1. The largest absolute Gasteiger partial charge is 0.378 e. The van der Waals surface area contributed by atoms with Crippen LogP contribution in [-0.2, 0) is 9.53 Å². The number of piperidine rings is 2. The molecule has 0 unspecified atom stereocenters. The van der Waals surface area contributed by atoms with Crippen molar-refractivity contribution in [2.24, 2.45) is 11.8 Å². The number of likely N-dealkylation sites (tertiary alicyclic amines) is 2. The van der Waals surface area contributed by atoms with E-state index in [4.69, 9.17) is 4.74 Å². The first-order valence-electron chi connectivity index (χ1n) is 12.1. The fraction of sp³-hybridized carbons (Fsp3) is 0.957. The molecule has 0 radical (unpaired) electrons. The molecule has 0 spiro atoms. The van der Waals surface area contributed by atoms with Gasteiger partial charge in [-0.15, -0.1) is 0 Å².